The number of sulfonamides is 1. The van der Waals surface area contributed by atoms with Crippen LogP contribution in [0.1, 0.15) is 33.1 Å². The molecule has 0 aromatic heterocycles. The zero-order valence-electron chi connectivity index (χ0n) is 16.7. The molecule has 2 amide bonds. The van der Waals surface area contributed by atoms with Crippen LogP contribution in [0.15, 0.2) is 23.1 Å². The zero-order chi connectivity index (χ0) is 21.0. The van der Waals surface area contributed by atoms with E-state index in [1.54, 1.807) is 6.07 Å². The Morgan fingerprint density at radius 3 is 2.59 bits per heavy atom. The summed E-state index contributed by atoms with van der Waals surface area (Å²) in [5.41, 5.74) is 0.293. The Balaban J connectivity index is 1.83. The number of rotatable bonds is 7. The number of carbonyl (C=O) groups excluding carboxylic acids is 2. The van der Waals surface area contributed by atoms with Gasteiger partial charge in [-0.15, -0.1) is 11.8 Å². The SMILES string of the molecule is CC(C)Oc1ccc(S(=O)(=O)N2CCCCC2)cc1NC(=O)CN1CSCC1=O. The number of anilines is 1. The molecule has 2 heterocycles. The molecular formula is C19H27N3O5S2. The topological polar surface area (TPSA) is 96.0 Å². The van der Waals surface area contributed by atoms with Crippen LogP contribution in [0.25, 0.3) is 0 Å². The minimum Gasteiger partial charge on any atom is -0.489 e. The second kappa shape index (κ2) is 9.36. The van der Waals surface area contributed by atoms with E-state index in [0.717, 1.165) is 19.3 Å². The molecule has 0 atom stereocenters. The molecule has 0 bridgehead atoms. The predicted molar refractivity (Wildman–Crippen MR) is 112 cm³/mol. The van der Waals surface area contributed by atoms with Crippen molar-refractivity contribution in [1.82, 2.24) is 9.21 Å². The molecule has 3 rings (SSSR count). The van der Waals surface area contributed by atoms with Crippen LogP contribution < -0.4 is 10.1 Å². The molecule has 1 N–H and O–H groups in total. The minimum absolute atomic E-state index is 0.0734. The van der Waals surface area contributed by atoms with Crippen molar-refractivity contribution in [2.45, 2.75) is 44.1 Å². The lowest BCUT2D eigenvalue weighted by Gasteiger charge is -2.26. The molecule has 29 heavy (non-hydrogen) atoms. The summed E-state index contributed by atoms with van der Waals surface area (Å²) in [6, 6.07) is 4.53. The van der Waals surface area contributed by atoms with Gasteiger partial charge in [-0.2, -0.15) is 4.31 Å². The van der Waals surface area contributed by atoms with Gasteiger partial charge in [-0.3, -0.25) is 9.59 Å². The molecule has 0 saturated carbocycles. The first kappa shape index (κ1) is 21.9. The second-order valence-corrected chi connectivity index (χ2v) is 10.3. The van der Waals surface area contributed by atoms with Crippen LogP contribution in [-0.2, 0) is 19.6 Å². The predicted octanol–water partition coefficient (Wildman–Crippen LogP) is 2.12. The number of amides is 2. The zero-order valence-corrected chi connectivity index (χ0v) is 18.4. The molecule has 0 spiro atoms. The molecule has 2 saturated heterocycles. The molecular weight excluding hydrogens is 414 g/mol. The number of ether oxygens (including phenoxy) is 1. The average Bonchev–Trinajstić information content (AvgIpc) is 3.08. The van der Waals surface area contributed by atoms with Crippen molar-refractivity contribution in [3.63, 3.8) is 0 Å². The Kier molecular flexibility index (Phi) is 7.07. The van der Waals surface area contributed by atoms with Gasteiger partial charge in [-0.25, -0.2) is 8.42 Å². The van der Waals surface area contributed by atoms with Crippen molar-refractivity contribution < 1.29 is 22.7 Å². The van der Waals surface area contributed by atoms with Crippen molar-refractivity contribution in [2.24, 2.45) is 0 Å². The fraction of sp³-hybridized carbons (Fsp3) is 0.579. The Bertz CT molecular complexity index is 867. The number of hydrogen-bond acceptors (Lipinski definition) is 6. The van der Waals surface area contributed by atoms with Crippen molar-refractivity contribution in [2.75, 3.05) is 36.6 Å². The van der Waals surface area contributed by atoms with Crippen LogP contribution in [0.4, 0.5) is 5.69 Å². The number of hydrogen-bond donors (Lipinski definition) is 1. The van der Waals surface area contributed by atoms with Crippen LogP contribution in [0.5, 0.6) is 5.75 Å². The molecule has 0 unspecified atom stereocenters. The van der Waals surface area contributed by atoms with Gasteiger partial charge in [0.2, 0.25) is 21.8 Å². The van der Waals surface area contributed by atoms with Crippen LogP contribution >= 0.6 is 11.8 Å². The van der Waals surface area contributed by atoms with Gasteiger partial charge in [0.25, 0.3) is 0 Å². The van der Waals surface area contributed by atoms with Crippen molar-refractivity contribution in [3.05, 3.63) is 18.2 Å². The minimum atomic E-state index is -3.64. The Morgan fingerprint density at radius 2 is 1.97 bits per heavy atom. The third kappa shape index (κ3) is 5.43. The van der Waals surface area contributed by atoms with Crippen LogP contribution in [0.2, 0.25) is 0 Å². The van der Waals surface area contributed by atoms with Crippen molar-refractivity contribution >= 4 is 39.3 Å². The first-order valence-corrected chi connectivity index (χ1v) is 12.3. The van der Waals surface area contributed by atoms with E-state index in [2.05, 4.69) is 5.32 Å². The van der Waals surface area contributed by atoms with Gasteiger partial charge >= 0.3 is 0 Å². The highest BCUT2D eigenvalue weighted by Gasteiger charge is 2.28. The molecule has 8 nitrogen and oxygen atoms in total. The number of nitrogens with zero attached hydrogens (tertiary/aromatic N) is 2. The summed E-state index contributed by atoms with van der Waals surface area (Å²) in [5, 5.41) is 2.73. The smallest absolute Gasteiger partial charge is 0.244 e. The maximum atomic E-state index is 13.0. The molecule has 10 heteroatoms. The number of carbonyl (C=O) groups is 2. The summed E-state index contributed by atoms with van der Waals surface area (Å²) in [7, 11) is -3.64. The van der Waals surface area contributed by atoms with Gasteiger partial charge in [0, 0.05) is 13.1 Å². The Labute approximate surface area is 176 Å². The maximum absolute atomic E-state index is 13.0. The fourth-order valence-corrected chi connectivity index (χ4v) is 5.73. The van der Waals surface area contributed by atoms with Gasteiger partial charge in [-0.1, -0.05) is 6.42 Å². The van der Waals surface area contributed by atoms with Gasteiger partial charge in [0.15, 0.2) is 0 Å². The summed E-state index contributed by atoms with van der Waals surface area (Å²) in [6.45, 7) is 4.64. The number of nitrogens with one attached hydrogen (secondary N) is 1. The Hall–Kier alpha value is -1.78. The van der Waals surface area contributed by atoms with Crippen LogP contribution in [0, 0.1) is 0 Å². The largest absolute Gasteiger partial charge is 0.489 e. The standard InChI is InChI=1S/C19H27N3O5S2/c1-14(2)27-17-7-6-15(29(25,26)22-8-4-3-5-9-22)10-16(17)20-18(23)11-21-13-28-12-19(21)24/h6-7,10,14H,3-5,8-9,11-13H2,1-2H3,(H,20,23). The highest BCUT2D eigenvalue weighted by molar-refractivity contribution is 8.00. The lowest BCUT2D eigenvalue weighted by Crippen LogP contribution is -2.36. The second-order valence-electron chi connectivity index (χ2n) is 7.41. The van der Waals surface area contributed by atoms with Gasteiger partial charge < -0.3 is 15.0 Å². The number of benzene rings is 1. The number of piperidine rings is 1. The van der Waals surface area contributed by atoms with Gasteiger partial charge in [0.1, 0.15) is 12.3 Å². The first-order valence-electron chi connectivity index (χ1n) is 9.73. The molecule has 160 valence electrons. The highest BCUT2D eigenvalue weighted by atomic mass is 32.2. The average molecular weight is 442 g/mol. The summed E-state index contributed by atoms with van der Waals surface area (Å²) in [5.74, 6) is 0.782. The van der Waals surface area contributed by atoms with Crippen molar-refractivity contribution in [1.29, 1.82) is 0 Å². The lowest BCUT2D eigenvalue weighted by atomic mass is 10.2. The van der Waals surface area contributed by atoms with E-state index in [-0.39, 0.29) is 29.4 Å². The van der Waals surface area contributed by atoms with E-state index in [4.69, 9.17) is 4.74 Å². The molecule has 0 radical (unpaired) electrons. The monoisotopic (exact) mass is 441 g/mol. The molecule has 2 fully saturated rings. The molecule has 0 aliphatic carbocycles. The normalized spacial score (nSPS) is 18.3. The first-order chi connectivity index (χ1) is 13.8. The molecule has 2 aliphatic heterocycles. The lowest BCUT2D eigenvalue weighted by molar-refractivity contribution is -0.130. The van der Waals surface area contributed by atoms with E-state index < -0.39 is 10.0 Å². The third-order valence-corrected chi connectivity index (χ3v) is 7.54. The van der Waals surface area contributed by atoms with E-state index in [1.165, 1.54) is 33.1 Å². The molecule has 1 aromatic carbocycles. The van der Waals surface area contributed by atoms with Crippen LogP contribution in [0.3, 0.4) is 0 Å². The van der Waals surface area contributed by atoms with E-state index in [9.17, 15) is 18.0 Å². The summed E-state index contributed by atoms with van der Waals surface area (Å²) in [6.07, 6.45) is 2.58. The van der Waals surface area contributed by atoms with Crippen molar-refractivity contribution in [3.8, 4) is 5.75 Å². The summed E-state index contributed by atoms with van der Waals surface area (Å²) >= 11 is 1.46. The third-order valence-electron chi connectivity index (χ3n) is 4.70. The Morgan fingerprint density at radius 1 is 1.24 bits per heavy atom. The fourth-order valence-electron chi connectivity index (χ4n) is 3.28. The van der Waals surface area contributed by atoms with E-state index >= 15 is 0 Å². The van der Waals surface area contributed by atoms with Crippen LogP contribution in [-0.4, -0.2) is 66.8 Å². The molecule has 2 aliphatic rings. The highest BCUT2D eigenvalue weighted by Crippen LogP contribution is 2.31. The van der Waals surface area contributed by atoms with Gasteiger partial charge in [-0.05, 0) is 44.9 Å². The molecule has 1 aromatic rings. The summed E-state index contributed by atoms with van der Waals surface area (Å²) < 4.78 is 33.2. The van der Waals surface area contributed by atoms with Gasteiger partial charge in [0.05, 0.1) is 28.3 Å². The number of thioether (sulfide) groups is 1. The van der Waals surface area contributed by atoms with E-state index in [0.29, 0.717) is 36.2 Å². The maximum Gasteiger partial charge on any atom is 0.244 e. The summed E-state index contributed by atoms with van der Waals surface area (Å²) in [4.78, 5) is 25.8. The van der Waals surface area contributed by atoms with E-state index in [1.807, 2.05) is 13.8 Å². The quantitative estimate of drug-likeness (QED) is 0.696.